The highest BCUT2D eigenvalue weighted by Gasteiger charge is 2.34. The molecule has 1 atom stereocenters. The third-order valence-corrected chi connectivity index (χ3v) is 5.70. The monoisotopic (exact) mass is 279 g/mol. The molecule has 1 fully saturated rings. The second-order valence-electron chi connectivity index (χ2n) is 3.53. The molecule has 7 nitrogen and oxygen atoms in total. The molecule has 0 spiro atoms. The zero-order valence-electron chi connectivity index (χ0n) is 9.59. The first-order chi connectivity index (χ1) is 7.88. The van der Waals surface area contributed by atoms with Gasteiger partial charge in [0.2, 0.25) is 5.96 Å². The first-order valence-electron chi connectivity index (χ1n) is 5.12. The minimum absolute atomic E-state index is 0.0455. The Bertz CT molecular complexity index is 416. The molecule has 1 rings (SSSR count). The third-order valence-electron chi connectivity index (χ3n) is 2.41. The summed E-state index contributed by atoms with van der Waals surface area (Å²) in [6, 6.07) is 0. The van der Waals surface area contributed by atoms with Crippen molar-refractivity contribution >= 4 is 33.5 Å². The van der Waals surface area contributed by atoms with Crippen LogP contribution in [0.5, 0.6) is 0 Å². The van der Waals surface area contributed by atoms with Gasteiger partial charge in [0.25, 0.3) is 0 Å². The van der Waals surface area contributed by atoms with Crippen molar-refractivity contribution in [3.8, 4) is 0 Å². The molecule has 1 aliphatic rings. The maximum absolute atomic E-state index is 11.9. The summed E-state index contributed by atoms with van der Waals surface area (Å²) in [4.78, 5) is 5.05. The Labute approximate surface area is 105 Å². The van der Waals surface area contributed by atoms with Gasteiger partial charge in [-0.2, -0.15) is 16.8 Å². The third kappa shape index (κ3) is 3.50. The first-order valence-corrected chi connectivity index (χ1v) is 7.99. The van der Waals surface area contributed by atoms with E-state index in [1.165, 1.54) is 4.90 Å². The van der Waals surface area contributed by atoms with Crippen molar-refractivity contribution in [2.24, 2.45) is 16.5 Å². The number of rotatable bonds is 2. The molecule has 0 amide bonds. The van der Waals surface area contributed by atoms with Crippen molar-refractivity contribution in [1.29, 1.82) is 5.41 Å². The Morgan fingerprint density at radius 2 is 2.24 bits per heavy atom. The maximum Gasteiger partial charge on any atom is 0.222 e. The predicted octanol–water partition coefficient (Wildman–Crippen LogP) is -0.996. The number of hydrogen-bond donors (Lipinski definition) is 3. The summed E-state index contributed by atoms with van der Waals surface area (Å²) in [5.74, 6) is 0.828. The van der Waals surface area contributed by atoms with Gasteiger partial charge in [0.05, 0.1) is 0 Å². The topological polar surface area (TPSA) is 126 Å². The second-order valence-corrected chi connectivity index (χ2v) is 7.13. The van der Waals surface area contributed by atoms with Crippen LogP contribution in [-0.2, 0) is 9.84 Å². The maximum atomic E-state index is 11.9. The normalized spacial score (nSPS) is 21.0. The largest absolute Gasteiger partial charge is 0.370 e. The fraction of sp³-hybridized carbons (Fsp3) is 0.750. The van der Waals surface area contributed by atoms with Gasteiger partial charge in [-0.05, 0) is 0 Å². The SMILES string of the molecule is CCS(=O)(=O)C1CSCCN1C(=N)N=C(N)N. The average molecular weight is 279 g/mol. The fourth-order valence-corrected chi connectivity index (χ4v) is 4.47. The zero-order chi connectivity index (χ0) is 13.1. The van der Waals surface area contributed by atoms with Crippen LogP contribution in [-0.4, -0.2) is 54.4 Å². The van der Waals surface area contributed by atoms with Gasteiger partial charge in [0.1, 0.15) is 5.37 Å². The molecule has 0 bridgehead atoms. The summed E-state index contributed by atoms with van der Waals surface area (Å²) in [7, 11) is -3.24. The standard InChI is InChI=1S/C8H17N5O2S2/c1-2-17(14,15)6-5-16-4-3-13(6)8(11)12-7(9)10/h6H,2-5H2,1H3,(H5,9,10,11,12). The average Bonchev–Trinajstić information content (AvgIpc) is 2.28. The van der Waals surface area contributed by atoms with Crippen molar-refractivity contribution in [2.45, 2.75) is 12.3 Å². The van der Waals surface area contributed by atoms with Crippen LogP contribution < -0.4 is 11.5 Å². The summed E-state index contributed by atoms with van der Waals surface area (Å²) in [5.41, 5.74) is 10.4. The molecular formula is C8H17N5O2S2. The van der Waals surface area contributed by atoms with E-state index < -0.39 is 15.2 Å². The van der Waals surface area contributed by atoms with Crippen LogP contribution in [0.1, 0.15) is 6.92 Å². The van der Waals surface area contributed by atoms with Crippen molar-refractivity contribution in [3.05, 3.63) is 0 Å². The zero-order valence-corrected chi connectivity index (χ0v) is 11.2. The Morgan fingerprint density at radius 1 is 1.59 bits per heavy atom. The molecule has 0 aliphatic carbocycles. The quantitative estimate of drug-likeness (QED) is 0.440. The molecule has 1 heterocycles. The van der Waals surface area contributed by atoms with Gasteiger partial charge in [-0.15, -0.1) is 0 Å². The van der Waals surface area contributed by atoms with Crippen LogP contribution in [0.4, 0.5) is 0 Å². The lowest BCUT2D eigenvalue weighted by Gasteiger charge is -2.34. The lowest BCUT2D eigenvalue weighted by atomic mass is 10.5. The molecule has 1 saturated heterocycles. The fourth-order valence-electron chi connectivity index (χ4n) is 1.50. The predicted molar refractivity (Wildman–Crippen MR) is 70.8 cm³/mol. The number of hydrogen-bond acceptors (Lipinski definition) is 4. The van der Waals surface area contributed by atoms with Gasteiger partial charge in [-0.1, -0.05) is 6.92 Å². The summed E-state index contributed by atoms with van der Waals surface area (Å²) < 4.78 is 23.8. The molecule has 1 unspecified atom stereocenters. The number of thioether (sulfide) groups is 1. The molecule has 9 heteroatoms. The summed E-state index contributed by atoms with van der Waals surface area (Å²) in [5, 5.41) is 7.00. The van der Waals surface area contributed by atoms with Gasteiger partial charge < -0.3 is 16.4 Å². The van der Waals surface area contributed by atoms with Gasteiger partial charge >= 0.3 is 0 Å². The highest BCUT2D eigenvalue weighted by atomic mass is 32.2. The van der Waals surface area contributed by atoms with E-state index in [2.05, 4.69) is 4.99 Å². The molecule has 0 radical (unpaired) electrons. The van der Waals surface area contributed by atoms with E-state index in [9.17, 15) is 8.42 Å². The van der Waals surface area contributed by atoms with Crippen LogP contribution in [0, 0.1) is 5.41 Å². The van der Waals surface area contributed by atoms with Crippen LogP contribution in [0.25, 0.3) is 0 Å². The highest BCUT2D eigenvalue weighted by molar-refractivity contribution is 8.01. The second kappa shape index (κ2) is 5.58. The van der Waals surface area contributed by atoms with E-state index in [1.54, 1.807) is 18.7 Å². The minimum Gasteiger partial charge on any atom is -0.370 e. The van der Waals surface area contributed by atoms with Crippen molar-refractivity contribution in [2.75, 3.05) is 23.8 Å². The number of sulfone groups is 1. The van der Waals surface area contributed by atoms with Crippen molar-refractivity contribution in [3.63, 3.8) is 0 Å². The molecule has 17 heavy (non-hydrogen) atoms. The molecule has 0 saturated carbocycles. The molecule has 0 aromatic rings. The van der Waals surface area contributed by atoms with E-state index in [0.29, 0.717) is 12.3 Å². The Hall–Kier alpha value is -0.960. The van der Waals surface area contributed by atoms with Gasteiger partial charge in [-0.25, -0.2) is 8.42 Å². The van der Waals surface area contributed by atoms with Gasteiger partial charge in [0.15, 0.2) is 15.8 Å². The van der Waals surface area contributed by atoms with E-state index in [0.717, 1.165) is 5.75 Å². The number of nitrogens with zero attached hydrogens (tertiary/aromatic N) is 2. The molecule has 5 N–H and O–H groups in total. The number of nitrogens with two attached hydrogens (primary N) is 2. The molecular weight excluding hydrogens is 262 g/mol. The summed E-state index contributed by atoms with van der Waals surface area (Å²) in [6.45, 7) is 2.06. The van der Waals surface area contributed by atoms with Crippen LogP contribution in [0.2, 0.25) is 0 Å². The molecule has 0 aromatic carbocycles. The summed E-state index contributed by atoms with van der Waals surface area (Å²) in [6.07, 6.45) is 0. The summed E-state index contributed by atoms with van der Waals surface area (Å²) >= 11 is 1.56. The van der Waals surface area contributed by atoms with Crippen molar-refractivity contribution < 1.29 is 8.42 Å². The lowest BCUT2D eigenvalue weighted by Crippen LogP contribution is -2.50. The molecule has 98 valence electrons. The van der Waals surface area contributed by atoms with Crippen LogP contribution in [0.15, 0.2) is 4.99 Å². The highest BCUT2D eigenvalue weighted by Crippen LogP contribution is 2.21. The van der Waals surface area contributed by atoms with Gasteiger partial charge in [-0.3, -0.25) is 5.41 Å². The molecule has 0 aromatic heterocycles. The Balaban J connectivity index is 2.95. The Morgan fingerprint density at radius 3 is 2.76 bits per heavy atom. The van der Waals surface area contributed by atoms with Gasteiger partial charge in [0, 0.05) is 23.8 Å². The molecule has 1 aliphatic heterocycles. The Kier molecular flexibility index (Phi) is 4.63. The van der Waals surface area contributed by atoms with E-state index in [1.807, 2.05) is 0 Å². The lowest BCUT2D eigenvalue weighted by molar-refractivity contribution is 0.403. The number of guanidine groups is 2. The number of nitrogens with one attached hydrogen (secondary N) is 1. The number of aliphatic imine (C=N–C) groups is 1. The van der Waals surface area contributed by atoms with E-state index in [-0.39, 0.29) is 17.7 Å². The van der Waals surface area contributed by atoms with Crippen LogP contribution in [0.3, 0.4) is 0 Å². The van der Waals surface area contributed by atoms with Crippen molar-refractivity contribution in [1.82, 2.24) is 4.90 Å². The first kappa shape index (κ1) is 14.1. The van der Waals surface area contributed by atoms with Crippen LogP contribution >= 0.6 is 11.8 Å². The smallest absolute Gasteiger partial charge is 0.222 e. The minimum atomic E-state index is -3.24. The van der Waals surface area contributed by atoms with E-state index in [4.69, 9.17) is 16.9 Å². The van der Waals surface area contributed by atoms with E-state index >= 15 is 0 Å².